The van der Waals surface area contributed by atoms with Crippen molar-refractivity contribution in [1.82, 2.24) is 15.8 Å². The normalized spacial score (nSPS) is 24.0. The topological polar surface area (TPSA) is 44.4 Å². The minimum absolute atomic E-state index is 0.00216. The molecule has 2 unspecified atom stereocenters. The van der Waals surface area contributed by atoms with Crippen LogP contribution in [0.4, 0.5) is 8.78 Å². The van der Waals surface area contributed by atoms with Crippen molar-refractivity contribution in [3.8, 4) is 0 Å². The molecule has 3 rings (SSSR count). The third-order valence-electron chi connectivity index (χ3n) is 4.54. The quantitative estimate of drug-likeness (QED) is 0.845. The lowest BCUT2D eigenvalue weighted by molar-refractivity contribution is -0.134. The summed E-state index contributed by atoms with van der Waals surface area (Å²) in [6.07, 6.45) is 4.74. The van der Waals surface area contributed by atoms with Crippen molar-refractivity contribution in [1.29, 1.82) is 0 Å². The number of nitrogens with one attached hydrogen (secondary N) is 2. The van der Waals surface area contributed by atoms with E-state index in [1.54, 1.807) is 4.90 Å². The van der Waals surface area contributed by atoms with E-state index in [4.69, 9.17) is 0 Å². The van der Waals surface area contributed by atoms with Crippen molar-refractivity contribution in [3.63, 3.8) is 0 Å². The highest BCUT2D eigenvalue weighted by atomic mass is 19.1. The average Bonchev–Trinajstić information content (AvgIpc) is 3.25. The summed E-state index contributed by atoms with van der Waals surface area (Å²) < 4.78 is 26.9. The summed E-state index contributed by atoms with van der Waals surface area (Å²) >= 11 is 0. The Kier molecular flexibility index (Phi) is 4.92. The molecule has 2 fully saturated rings. The van der Waals surface area contributed by atoms with E-state index < -0.39 is 11.6 Å². The first-order chi connectivity index (χ1) is 11.1. The highest BCUT2D eigenvalue weighted by molar-refractivity contribution is 5.82. The van der Waals surface area contributed by atoms with Crippen LogP contribution in [0.1, 0.15) is 44.6 Å². The minimum Gasteiger partial charge on any atom is -0.334 e. The van der Waals surface area contributed by atoms with Gasteiger partial charge in [-0.05, 0) is 31.7 Å². The van der Waals surface area contributed by atoms with E-state index >= 15 is 0 Å². The first-order valence-corrected chi connectivity index (χ1v) is 8.34. The molecule has 0 aromatic heterocycles. The molecule has 0 bridgehead atoms. The van der Waals surface area contributed by atoms with Gasteiger partial charge in [-0.15, -0.1) is 0 Å². The summed E-state index contributed by atoms with van der Waals surface area (Å²) in [7, 11) is 0. The molecule has 1 heterocycles. The van der Waals surface area contributed by atoms with Gasteiger partial charge < -0.3 is 4.90 Å². The van der Waals surface area contributed by atoms with Gasteiger partial charge in [0.15, 0.2) is 0 Å². The van der Waals surface area contributed by atoms with Gasteiger partial charge >= 0.3 is 0 Å². The van der Waals surface area contributed by atoms with Gasteiger partial charge in [0, 0.05) is 30.3 Å². The molecule has 1 aliphatic heterocycles. The molecule has 4 nitrogen and oxygen atoms in total. The van der Waals surface area contributed by atoms with Crippen LogP contribution < -0.4 is 10.9 Å². The molecular formula is C17H23F2N3O. The van der Waals surface area contributed by atoms with Crippen LogP contribution >= 0.6 is 0 Å². The van der Waals surface area contributed by atoms with Crippen LogP contribution in [0.15, 0.2) is 18.2 Å². The van der Waals surface area contributed by atoms with Crippen LogP contribution in [0.3, 0.4) is 0 Å². The molecule has 2 aliphatic rings. The van der Waals surface area contributed by atoms with Crippen molar-refractivity contribution in [2.24, 2.45) is 0 Å². The number of halogens is 2. The summed E-state index contributed by atoms with van der Waals surface area (Å²) in [6.45, 7) is 2.32. The van der Waals surface area contributed by atoms with Gasteiger partial charge in [-0.25, -0.2) is 14.2 Å². The third kappa shape index (κ3) is 3.87. The van der Waals surface area contributed by atoms with E-state index in [1.165, 1.54) is 12.1 Å². The van der Waals surface area contributed by atoms with E-state index in [0.717, 1.165) is 38.2 Å². The van der Waals surface area contributed by atoms with Crippen LogP contribution in [0, 0.1) is 11.6 Å². The molecule has 23 heavy (non-hydrogen) atoms. The molecule has 0 spiro atoms. The van der Waals surface area contributed by atoms with Gasteiger partial charge in [0.05, 0.1) is 0 Å². The fourth-order valence-electron chi connectivity index (χ4n) is 3.13. The highest BCUT2D eigenvalue weighted by Gasteiger charge is 2.38. The van der Waals surface area contributed by atoms with E-state index in [-0.39, 0.29) is 24.5 Å². The van der Waals surface area contributed by atoms with Gasteiger partial charge in [-0.2, -0.15) is 0 Å². The lowest BCUT2D eigenvalue weighted by Crippen LogP contribution is -2.46. The summed E-state index contributed by atoms with van der Waals surface area (Å²) in [5.41, 5.74) is 6.60. The van der Waals surface area contributed by atoms with Gasteiger partial charge in [0.2, 0.25) is 5.91 Å². The lowest BCUT2D eigenvalue weighted by atomic mass is 10.0. The number of hydrogen-bond donors (Lipinski definition) is 2. The maximum absolute atomic E-state index is 13.9. The number of hydrogen-bond acceptors (Lipinski definition) is 3. The van der Waals surface area contributed by atoms with Crippen molar-refractivity contribution in [2.75, 3.05) is 0 Å². The van der Waals surface area contributed by atoms with Gasteiger partial charge in [0.25, 0.3) is 0 Å². The summed E-state index contributed by atoms with van der Waals surface area (Å²) in [4.78, 5) is 14.5. The van der Waals surface area contributed by atoms with Crippen LogP contribution in [0.25, 0.3) is 0 Å². The zero-order chi connectivity index (χ0) is 16.4. The first-order valence-electron chi connectivity index (χ1n) is 8.34. The Morgan fingerprint density at radius 3 is 2.74 bits per heavy atom. The largest absolute Gasteiger partial charge is 0.334 e. The standard InChI is InChI=1S/C17H23F2N3O/c1-2-3-13-9-16(21-20-13)17(23)22(14-6-7-14)10-11-4-5-12(18)8-15(11)19/h4-5,8,13-14,16,20-21H,2-3,6-7,9-10H2,1H3. The van der Waals surface area contributed by atoms with E-state index in [0.29, 0.717) is 11.6 Å². The lowest BCUT2D eigenvalue weighted by Gasteiger charge is -2.25. The number of amides is 1. The molecule has 2 N–H and O–H groups in total. The van der Waals surface area contributed by atoms with Gasteiger partial charge in [-0.1, -0.05) is 19.4 Å². The number of rotatable bonds is 6. The summed E-state index contributed by atoms with van der Waals surface area (Å²) in [5.74, 6) is -1.19. The second-order valence-electron chi connectivity index (χ2n) is 6.50. The monoisotopic (exact) mass is 323 g/mol. The number of hydrazine groups is 1. The summed E-state index contributed by atoms with van der Waals surface area (Å²) in [6, 6.07) is 3.75. The Morgan fingerprint density at radius 2 is 2.09 bits per heavy atom. The SMILES string of the molecule is CCCC1CC(C(=O)N(Cc2ccc(F)cc2F)C2CC2)NN1. The Morgan fingerprint density at radius 1 is 1.30 bits per heavy atom. The smallest absolute Gasteiger partial charge is 0.241 e. The Balaban J connectivity index is 1.68. The maximum Gasteiger partial charge on any atom is 0.241 e. The van der Waals surface area contributed by atoms with Gasteiger partial charge in [0.1, 0.15) is 17.7 Å². The Labute approximate surface area is 135 Å². The second-order valence-corrected chi connectivity index (χ2v) is 6.50. The van der Waals surface area contributed by atoms with Crippen molar-refractivity contribution < 1.29 is 13.6 Å². The third-order valence-corrected chi connectivity index (χ3v) is 4.54. The summed E-state index contributed by atoms with van der Waals surface area (Å²) in [5, 5.41) is 0. The number of carbonyl (C=O) groups is 1. The van der Waals surface area contributed by atoms with Crippen LogP contribution in [-0.4, -0.2) is 28.9 Å². The number of carbonyl (C=O) groups excluding carboxylic acids is 1. The predicted molar refractivity (Wildman–Crippen MR) is 83.3 cm³/mol. The van der Waals surface area contributed by atoms with Crippen molar-refractivity contribution in [3.05, 3.63) is 35.4 Å². The molecule has 1 aliphatic carbocycles. The molecule has 2 atom stereocenters. The molecule has 126 valence electrons. The molecular weight excluding hydrogens is 300 g/mol. The minimum atomic E-state index is -0.598. The first kappa shape index (κ1) is 16.3. The van der Waals surface area contributed by atoms with Crippen molar-refractivity contribution in [2.45, 2.75) is 63.7 Å². The molecule has 6 heteroatoms. The molecule has 1 amide bonds. The van der Waals surface area contributed by atoms with E-state index in [2.05, 4.69) is 17.8 Å². The van der Waals surface area contributed by atoms with Crippen LogP contribution in [0.2, 0.25) is 0 Å². The average molecular weight is 323 g/mol. The van der Waals surface area contributed by atoms with Crippen molar-refractivity contribution >= 4 is 5.91 Å². The molecule has 1 aromatic carbocycles. The number of benzene rings is 1. The fraction of sp³-hybridized carbons (Fsp3) is 0.588. The fourth-order valence-corrected chi connectivity index (χ4v) is 3.13. The Bertz CT molecular complexity index is 577. The number of nitrogens with zero attached hydrogens (tertiary/aromatic N) is 1. The molecule has 0 radical (unpaired) electrons. The molecule has 1 saturated carbocycles. The zero-order valence-corrected chi connectivity index (χ0v) is 13.3. The molecule has 1 aromatic rings. The second kappa shape index (κ2) is 6.93. The van der Waals surface area contributed by atoms with Crippen LogP contribution in [0.5, 0.6) is 0 Å². The zero-order valence-electron chi connectivity index (χ0n) is 13.3. The maximum atomic E-state index is 13.9. The van der Waals surface area contributed by atoms with E-state index in [1.807, 2.05) is 0 Å². The van der Waals surface area contributed by atoms with Gasteiger partial charge in [-0.3, -0.25) is 10.2 Å². The predicted octanol–water partition coefficient (Wildman–Crippen LogP) is 2.49. The highest BCUT2D eigenvalue weighted by Crippen LogP contribution is 2.30. The Hall–Kier alpha value is -1.53. The van der Waals surface area contributed by atoms with E-state index in [9.17, 15) is 13.6 Å². The van der Waals surface area contributed by atoms with Crippen LogP contribution in [-0.2, 0) is 11.3 Å². The molecule has 1 saturated heterocycles.